The standard InChI is InChI=1S/C25H28BrN3O2/c1-4-22(31-23-16-13-19-9-7-8-10-21(19)24(23)26)25(30)28-27-17-18-11-14-20(15-12-18)29(5-2)6-3/h7-17,22H,4-6H2,1-3H3,(H,28,30)/b27-17-. The molecule has 0 saturated heterocycles. The number of hydrogen-bond acceptors (Lipinski definition) is 4. The molecule has 3 rings (SSSR count). The molecule has 1 amide bonds. The third kappa shape index (κ3) is 5.64. The van der Waals surface area contributed by atoms with Crippen molar-refractivity contribution in [3.8, 4) is 5.75 Å². The summed E-state index contributed by atoms with van der Waals surface area (Å²) in [6.45, 7) is 8.11. The Labute approximate surface area is 192 Å². The van der Waals surface area contributed by atoms with Crippen LogP contribution in [-0.2, 0) is 4.79 Å². The summed E-state index contributed by atoms with van der Waals surface area (Å²) in [5.74, 6) is 0.357. The molecule has 162 valence electrons. The molecule has 0 fully saturated rings. The number of nitrogens with one attached hydrogen (secondary N) is 1. The maximum Gasteiger partial charge on any atom is 0.281 e. The molecule has 0 bridgehead atoms. The van der Waals surface area contributed by atoms with Gasteiger partial charge in [-0.25, -0.2) is 5.43 Å². The van der Waals surface area contributed by atoms with E-state index in [0.717, 1.165) is 33.9 Å². The van der Waals surface area contributed by atoms with Gasteiger partial charge in [-0.1, -0.05) is 49.4 Å². The maximum atomic E-state index is 12.6. The Morgan fingerprint density at radius 2 is 1.77 bits per heavy atom. The zero-order chi connectivity index (χ0) is 22.2. The SMILES string of the molecule is CCC(Oc1ccc2ccccc2c1Br)C(=O)N/N=C\c1ccc(N(CC)CC)cc1. The van der Waals surface area contributed by atoms with Gasteiger partial charge < -0.3 is 9.64 Å². The van der Waals surface area contributed by atoms with Crippen LogP contribution in [0.25, 0.3) is 10.8 Å². The van der Waals surface area contributed by atoms with Crippen molar-refractivity contribution >= 4 is 44.5 Å². The topological polar surface area (TPSA) is 53.9 Å². The Morgan fingerprint density at radius 1 is 1.06 bits per heavy atom. The van der Waals surface area contributed by atoms with E-state index in [1.807, 2.05) is 55.5 Å². The quantitative estimate of drug-likeness (QED) is 0.312. The monoisotopic (exact) mass is 481 g/mol. The van der Waals surface area contributed by atoms with Crippen LogP contribution < -0.4 is 15.1 Å². The fourth-order valence-electron chi connectivity index (χ4n) is 3.38. The second kappa shape index (κ2) is 11.0. The third-order valence-corrected chi connectivity index (χ3v) is 5.99. The molecule has 0 saturated carbocycles. The van der Waals surface area contributed by atoms with Gasteiger partial charge in [-0.15, -0.1) is 0 Å². The molecule has 0 aromatic heterocycles. The highest BCUT2D eigenvalue weighted by Gasteiger charge is 2.19. The first-order chi connectivity index (χ1) is 15.1. The lowest BCUT2D eigenvalue weighted by molar-refractivity contribution is -0.128. The van der Waals surface area contributed by atoms with Crippen LogP contribution >= 0.6 is 15.9 Å². The molecule has 1 atom stereocenters. The van der Waals surface area contributed by atoms with Crippen LogP contribution in [0, 0.1) is 0 Å². The van der Waals surface area contributed by atoms with Gasteiger partial charge in [-0.05, 0) is 70.7 Å². The van der Waals surface area contributed by atoms with Crippen LogP contribution in [-0.4, -0.2) is 31.3 Å². The highest BCUT2D eigenvalue weighted by Crippen LogP contribution is 2.33. The van der Waals surface area contributed by atoms with Crippen molar-refractivity contribution in [3.05, 3.63) is 70.7 Å². The van der Waals surface area contributed by atoms with Crippen LogP contribution in [0.4, 0.5) is 5.69 Å². The Kier molecular flexibility index (Phi) is 8.06. The molecule has 6 heteroatoms. The van der Waals surface area contributed by atoms with Crippen molar-refractivity contribution in [2.75, 3.05) is 18.0 Å². The second-order valence-electron chi connectivity index (χ2n) is 7.11. The highest BCUT2D eigenvalue weighted by atomic mass is 79.9. The Morgan fingerprint density at radius 3 is 2.45 bits per heavy atom. The molecule has 0 spiro atoms. The summed E-state index contributed by atoms with van der Waals surface area (Å²) in [6.07, 6.45) is 1.53. The molecule has 1 N–H and O–H groups in total. The van der Waals surface area contributed by atoms with E-state index < -0.39 is 6.10 Å². The summed E-state index contributed by atoms with van der Waals surface area (Å²) in [7, 11) is 0. The average molecular weight is 482 g/mol. The van der Waals surface area contributed by atoms with Crippen molar-refractivity contribution < 1.29 is 9.53 Å². The van der Waals surface area contributed by atoms with E-state index in [0.29, 0.717) is 12.2 Å². The summed E-state index contributed by atoms with van der Waals surface area (Å²) in [5.41, 5.74) is 4.69. The summed E-state index contributed by atoms with van der Waals surface area (Å²) in [5, 5.41) is 6.26. The minimum Gasteiger partial charge on any atom is -0.479 e. The molecule has 0 aliphatic heterocycles. The minimum absolute atomic E-state index is 0.279. The Balaban J connectivity index is 1.63. The highest BCUT2D eigenvalue weighted by molar-refractivity contribution is 9.10. The van der Waals surface area contributed by atoms with Crippen molar-refractivity contribution in [3.63, 3.8) is 0 Å². The lowest BCUT2D eigenvalue weighted by Gasteiger charge is -2.20. The fourth-order valence-corrected chi connectivity index (χ4v) is 3.97. The molecular formula is C25H28BrN3O2. The third-order valence-electron chi connectivity index (χ3n) is 5.17. The van der Waals surface area contributed by atoms with Gasteiger partial charge in [-0.3, -0.25) is 4.79 Å². The van der Waals surface area contributed by atoms with Crippen LogP contribution in [0.1, 0.15) is 32.8 Å². The average Bonchev–Trinajstić information content (AvgIpc) is 2.80. The van der Waals surface area contributed by atoms with Gasteiger partial charge in [0.25, 0.3) is 5.91 Å². The normalized spacial score (nSPS) is 12.1. The summed E-state index contributed by atoms with van der Waals surface area (Å²) < 4.78 is 6.84. The number of anilines is 1. The smallest absolute Gasteiger partial charge is 0.281 e. The van der Waals surface area contributed by atoms with E-state index >= 15 is 0 Å². The summed E-state index contributed by atoms with van der Waals surface area (Å²) in [4.78, 5) is 14.9. The zero-order valence-corrected chi connectivity index (χ0v) is 19.7. The van der Waals surface area contributed by atoms with E-state index in [4.69, 9.17) is 4.74 Å². The molecular weight excluding hydrogens is 454 g/mol. The van der Waals surface area contributed by atoms with Crippen LogP contribution in [0.5, 0.6) is 5.75 Å². The summed E-state index contributed by atoms with van der Waals surface area (Å²) >= 11 is 3.61. The molecule has 0 aliphatic rings. The lowest BCUT2D eigenvalue weighted by Crippen LogP contribution is -2.35. The number of benzene rings is 3. The molecule has 5 nitrogen and oxygen atoms in total. The predicted octanol–water partition coefficient (Wildman–Crippen LogP) is 5.76. The molecule has 3 aromatic rings. The zero-order valence-electron chi connectivity index (χ0n) is 18.1. The first kappa shape index (κ1) is 22.8. The van der Waals surface area contributed by atoms with Gasteiger partial charge >= 0.3 is 0 Å². The number of fused-ring (bicyclic) bond motifs is 1. The number of amides is 1. The fraction of sp³-hybridized carbons (Fsp3) is 0.280. The minimum atomic E-state index is -0.639. The number of hydrogen-bond donors (Lipinski definition) is 1. The molecule has 0 radical (unpaired) electrons. The van der Waals surface area contributed by atoms with Crippen molar-refractivity contribution in [2.24, 2.45) is 5.10 Å². The lowest BCUT2D eigenvalue weighted by atomic mass is 10.1. The van der Waals surface area contributed by atoms with Crippen LogP contribution in [0.3, 0.4) is 0 Å². The predicted molar refractivity (Wildman–Crippen MR) is 132 cm³/mol. The number of rotatable bonds is 9. The first-order valence-corrected chi connectivity index (χ1v) is 11.4. The summed E-state index contributed by atoms with van der Waals surface area (Å²) in [6, 6.07) is 20.0. The second-order valence-corrected chi connectivity index (χ2v) is 7.90. The van der Waals surface area contributed by atoms with Crippen molar-refractivity contribution in [1.29, 1.82) is 0 Å². The molecule has 31 heavy (non-hydrogen) atoms. The molecule has 0 aliphatic carbocycles. The van der Waals surface area contributed by atoms with Crippen LogP contribution in [0.15, 0.2) is 70.2 Å². The number of ether oxygens (including phenoxy) is 1. The molecule has 1 unspecified atom stereocenters. The van der Waals surface area contributed by atoms with Crippen molar-refractivity contribution in [2.45, 2.75) is 33.3 Å². The van der Waals surface area contributed by atoms with E-state index in [1.165, 1.54) is 5.69 Å². The largest absolute Gasteiger partial charge is 0.479 e. The molecule has 0 heterocycles. The van der Waals surface area contributed by atoms with E-state index in [2.05, 4.69) is 57.3 Å². The molecule has 3 aromatic carbocycles. The Bertz CT molecular complexity index is 1050. The van der Waals surface area contributed by atoms with Gasteiger partial charge in [0.05, 0.1) is 10.7 Å². The number of hydrazone groups is 1. The van der Waals surface area contributed by atoms with Gasteiger partial charge in [0.15, 0.2) is 6.10 Å². The van der Waals surface area contributed by atoms with E-state index in [-0.39, 0.29) is 5.91 Å². The number of carbonyl (C=O) groups is 1. The van der Waals surface area contributed by atoms with E-state index in [9.17, 15) is 4.79 Å². The van der Waals surface area contributed by atoms with Crippen LogP contribution in [0.2, 0.25) is 0 Å². The number of carbonyl (C=O) groups excluding carboxylic acids is 1. The first-order valence-electron chi connectivity index (χ1n) is 10.6. The maximum absolute atomic E-state index is 12.6. The number of halogens is 1. The van der Waals surface area contributed by atoms with Gasteiger partial charge in [-0.2, -0.15) is 5.10 Å². The van der Waals surface area contributed by atoms with E-state index in [1.54, 1.807) is 6.21 Å². The van der Waals surface area contributed by atoms with Crippen molar-refractivity contribution in [1.82, 2.24) is 5.43 Å². The Hall–Kier alpha value is -2.86. The number of nitrogens with zero attached hydrogens (tertiary/aromatic N) is 2. The van der Waals surface area contributed by atoms with Gasteiger partial charge in [0.1, 0.15) is 5.75 Å². The van der Waals surface area contributed by atoms with Gasteiger partial charge in [0, 0.05) is 18.8 Å². The van der Waals surface area contributed by atoms with Gasteiger partial charge in [0.2, 0.25) is 0 Å².